The third-order valence-corrected chi connectivity index (χ3v) is 4.19. The van der Waals surface area contributed by atoms with Crippen LogP contribution in [0.2, 0.25) is 0 Å². The van der Waals surface area contributed by atoms with Crippen molar-refractivity contribution in [1.29, 1.82) is 0 Å². The standard InChI is InChI=1S/C12H23NO/c1-10(2)13-8-7-12(14)6-4-3-5-11(12)9-13/h10-11,14H,3-9H2,1-2H3/t11-,12-/m1/s1. The summed E-state index contributed by atoms with van der Waals surface area (Å²) in [6.07, 6.45) is 5.83. The summed E-state index contributed by atoms with van der Waals surface area (Å²) in [5.74, 6) is 0.549. The third kappa shape index (κ3) is 1.82. The van der Waals surface area contributed by atoms with Crippen molar-refractivity contribution < 1.29 is 5.11 Å². The normalized spacial score (nSPS) is 39.9. The molecule has 1 saturated heterocycles. The number of aliphatic hydroxyl groups is 1. The van der Waals surface area contributed by atoms with Crippen LogP contribution in [0.25, 0.3) is 0 Å². The quantitative estimate of drug-likeness (QED) is 0.695. The molecule has 0 radical (unpaired) electrons. The first-order chi connectivity index (χ1) is 6.62. The fourth-order valence-corrected chi connectivity index (χ4v) is 3.07. The number of hydrogen-bond acceptors (Lipinski definition) is 2. The second kappa shape index (κ2) is 3.82. The highest BCUT2D eigenvalue weighted by Crippen LogP contribution is 2.40. The molecule has 1 N–H and O–H groups in total. The minimum Gasteiger partial charge on any atom is -0.390 e. The Hall–Kier alpha value is -0.0800. The molecule has 0 spiro atoms. The maximum Gasteiger partial charge on any atom is 0.0700 e. The predicted molar refractivity (Wildman–Crippen MR) is 58.2 cm³/mol. The second-order valence-electron chi connectivity index (χ2n) is 5.38. The number of likely N-dealkylation sites (tertiary alicyclic amines) is 1. The zero-order chi connectivity index (χ0) is 10.2. The molecule has 0 aromatic carbocycles. The van der Waals surface area contributed by atoms with Gasteiger partial charge in [-0.25, -0.2) is 0 Å². The van der Waals surface area contributed by atoms with E-state index in [9.17, 15) is 5.11 Å². The third-order valence-electron chi connectivity index (χ3n) is 4.19. The van der Waals surface area contributed by atoms with Gasteiger partial charge in [-0.3, -0.25) is 0 Å². The molecular formula is C12H23NO. The van der Waals surface area contributed by atoms with Gasteiger partial charge in [-0.1, -0.05) is 12.8 Å². The van der Waals surface area contributed by atoms with Crippen LogP contribution in [-0.4, -0.2) is 34.7 Å². The molecule has 0 amide bonds. The molecule has 2 atom stereocenters. The van der Waals surface area contributed by atoms with E-state index in [1.807, 2.05) is 0 Å². The lowest BCUT2D eigenvalue weighted by Crippen LogP contribution is -2.54. The van der Waals surface area contributed by atoms with Gasteiger partial charge in [0.25, 0.3) is 0 Å². The van der Waals surface area contributed by atoms with E-state index in [-0.39, 0.29) is 5.60 Å². The Morgan fingerprint density at radius 2 is 2.07 bits per heavy atom. The van der Waals surface area contributed by atoms with Gasteiger partial charge < -0.3 is 10.0 Å². The van der Waals surface area contributed by atoms with E-state index in [0.717, 1.165) is 25.9 Å². The molecule has 1 heterocycles. The zero-order valence-electron chi connectivity index (χ0n) is 9.50. The summed E-state index contributed by atoms with van der Waals surface area (Å²) in [5.41, 5.74) is -0.302. The Bertz CT molecular complexity index is 204. The van der Waals surface area contributed by atoms with Gasteiger partial charge in [-0.05, 0) is 33.1 Å². The maximum atomic E-state index is 10.5. The molecule has 2 aliphatic rings. The molecule has 2 fully saturated rings. The van der Waals surface area contributed by atoms with E-state index in [4.69, 9.17) is 0 Å². The van der Waals surface area contributed by atoms with Crippen LogP contribution in [0.5, 0.6) is 0 Å². The molecule has 0 aromatic heterocycles. The van der Waals surface area contributed by atoms with Crippen molar-refractivity contribution in [3.05, 3.63) is 0 Å². The van der Waals surface area contributed by atoms with Crippen molar-refractivity contribution in [3.8, 4) is 0 Å². The fourth-order valence-electron chi connectivity index (χ4n) is 3.07. The number of hydrogen-bond donors (Lipinski definition) is 1. The van der Waals surface area contributed by atoms with E-state index >= 15 is 0 Å². The molecule has 2 nitrogen and oxygen atoms in total. The number of rotatable bonds is 1. The molecular weight excluding hydrogens is 174 g/mol. The molecule has 0 aromatic rings. The van der Waals surface area contributed by atoms with Crippen molar-refractivity contribution >= 4 is 0 Å². The average Bonchev–Trinajstić information content (AvgIpc) is 2.16. The minimum absolute atomic E-state index is 0.302. The predicted octanol–water partition coefficient (Wildman–Crippen LogP) is 2.02. The molecule has 0 unspecified atom stereocenters. The van der Waals surface area contributed by atoms with Crippen molar-refractivity contribution in [3.63, 3.8) is 0 Å². The summed E-state index contributed by atoms with van der Waals surface area (Å²) in [6.45, 7) is 6.72. The molecule has 14 heavy (non-hydrogen) atoms. The van der Waals surface area contributed by atoms with Crippen LogP contribution in [0.3, 0.4) is 0 Å². The molecule has 1 aliphatic heterocycles. The summed E-state index contributed by atoms with van der Waals surface area (Å²) < 4.78 is 0. The van der Waals surface area contributed by atoms with Crippen LogP contribution in [0, 0.1) is 5.92 Å². The summed E-state index contributed by atoms with van der Waals surface area (Å²) in [6, 6.07) is 0.640. The monoisotopic (exact) mass is 197 g/mol. The van der Waals surface area contributed by atoms with Crippen molar-refractivity contribution in [2.45, 2.75) is 57.6 Å². The van der Waals surface area contributed by atoms with E-state index in [2.05, 4.69) is 18.7 Å². The minimum atomic E-state index is -0.302. The van der Waals surface area contributed by atoms with Crippen LogP contribution >= 0.6 is 0 Å². The number of nitrogens with zero attached hydrogens (tertiary/aromatic N) is 1. The Balaban J connectivity index is 2.02. The van der Waals surface area contributed by atoms with E-state index < -0.39 is 0 Å². The average molecular weight is 197 g/mol. The molecule has 2 rings (SSSR count). The second-order valence-corrected chi connectivity index (χ2v) is 5.38. The lowest BCUT2D eigenvalue weighted by Gasteiger charge is -2.48. The van der Waals surface area contributed by atoms with Crippen molar-refractivity contribution in [1.82, 2.24) is 4.90 Å². The van der Waals surface area contributed by atoms with Crippen LogP contribution in [0.1, 0.15) is 46.0 Å². The SMILES string of the molecule is CC(C)N1CC[C@]2(O)CCCC[C@@H]2C1. The first kappa shape index (κ1) is 10.4. The highest BCUT2D eigenvalue weighted by Gasteiger charge is 2.42. The van der Waals surface area contributed by atoms with Gasteiger partial charge in [-0.2, -0.15) is 0 Å². The van der Waals surface area contributed by atoms with Crippen LogP contribution < -0.4 is 0 Å². The van der Waals surface area contributed by atoms with E-state index in [0.29, 0.717) is 12.0 Å². The van der Waals surface area contributed by atoms with E-state index in [1.165, 1.54) is 19.3 Å². The first-order valence-corrected chi connectivity index (χ1v) is 6.08. The Morgan fingerprint density at radius 1 is 1.29 bits per heavy atom. The fraction of sp³-hybridized carbons (Fsp3) is 1.00. The van der Waals surface area contributed by atoms with Crippen molar-refractivity contribution in [2.24, 2.45) is 5.92 Å². The van der Waals surface area contributed by atoms with Crippen LogP contribution in [0.4, 0.5) is 0 Å². The lowest BCUT2D eigenvalue weighted by atomic mass is 9.71. The number of piperidine rings is 1. The Labute approximate surface area is 87.3 Å². The van der Waals surface area contributed by atoms with Crippen LogP contribution in [0.15, 0.2) is 0 Å². The number of fused-ring (bicyclic) bond motifs is 1. The summed E-state index contributed by atoms with van der Waals surface area (Å²) in [7, 11) is 0. The van der Waals surface area contributed by atoms with Crippen molar-refractivity contribution in [2.75, 3.05) is 13.1 Å². The van der Waals surface area contributed by atoms with Gasteiger partial charge in [0.1, 0.15) is 0 Å². The Kier molecular flexibility index (Phi) is 2.85. The van der Waals surface area contributed by atoms with Gasteiger partial charge in [0.2, 0.25) is 0 Å². The summed E-state index contributed by atoms with van der Waals surface area (Å²) in [4.78, 5) is 2.52. The largest absolute Gasteiger partial charge is 0.390 e. The highest BCUT2D eigenvalue weighted by atomic mass is 16.3. The molecule has 2 heteroatoms. The molecule has 1 aliphatic carbocycles. The molecule has 82 valence electrons. The summed E-state index contributed by atoms with van der Waals surface area (Å²) in [5, 5.41) is 10.5. The van der Waals surface area contributed by atoms with Gasteiger partial charge in [0.15, 0.2) is 0 Å². The molecule has 0 bridgehead atoms. The van der Waals surface area contributed by atoms with Gasteiger partial charge in [0, 0.05) is 25.0 Å². The maximum absolute atomic E-state index is 10.5. The van der Waals surface area contributed by atoms with Crippen LogP contribution in [-0.2, 0) is 0 Å². The first-order valence-electron chi connectivity index (χ1n) is 6.08. The molecule has 1 saturated carbocycles. The summed E-state index contributed by atoms with van der Waals surface area (Å²) >= 11 is 0. The zero-order valence-corrected chi connectivity index (χ0v) is 9.50. The van der Waals surface area contributed by atoms with E-state index in [1.54, 1.807) is 0 Å². The van der Waals surface area contributed by atoms with Gasteiger partial charge >= 0.3 is 0 Å². The topological polar surface area (TPSA) is 23.5 Å². The highest BCUT2D eigenvalue weighted by molar-refractivity contribution is 4.96. The van der Waals surface area contributed by atoms with Gasteiger partial charge in [0.05, 0.1) is 5.60 Å². The van der Waals surface area contributed by atoms with Gasteiger partial charge in [-0.15, -0.1) is 0 Å². The Morgan fingerprint density at radius 3 is 2.79 bits per heavy atom. The smallest absolute Gasteiger partial charge is 0.0700 e. The lowest BCUT2D eigenvalue weighted by molar-refractivity contribution is -0.100.